The Balaban J connectivity index is 2.31. The van der Waals surface area contributed by atoms with E-state index in [1.807, 2.05) is 12.1 Å². The molecule has 2 rings (SSSR count). The van der Waals surface area contributed by atoms with Crippen molar-refractivity contribution in [2.24, 2.45) is 0 Å². The Morgan fingerprint density at radius 2 is 1.50 bits per heavy atom. The van der Waals surface area contributed by atoms with Gasteiger partial charge in [0, 0.05) is 0 Å². The van der Waals surface area contributed by atoms with E-state index >= 15 is 0 Å². The molecule has 2 aromatic carbocycles. The van der Waals surface area contributed by atoms with Crippen LogP contribution in [0.4, 0.5) is 0 Å². The molecule has 0 aliphatic carbocycles. The van der Waals surface area contributed by atoms with E-state index in [9.17, 15) is 5.11 Å². The summed E-state index contributed by atoms with van der Waals surface area (Å²) in [4.78, 5) is 0. The van der Waals surface area contributed by atoms with E-state index in [1.165, 1.54) is 16.7 Å². The molecule has 0 aromatic heterocycles. The zero-order chi connectivity index (χ0) is 14.7. The number of rotatable bonds is 4. The monoisotopic (exact) mass is 268 g/mol. The Labute approximate surface area is 122 Å². The van der Waals surface area contributed by atoms with E-state index in [2.05, 4.69) is 52.0 Å². The summed E-state index contributed by atoms with van der Waals surface area (Å²) in [5, 5.41) is 10.6. The van der Waals surface area contributed by atoms with E-state index in [0.29, 0.717) is 0 Å². The Morgan fingerprint density at radius 3 is 2.10 bits per heavy atom. The highest BCUT2D eigenvalue weighted by Crippen LogP contribution is 2.27. The predicted octanol–water partition coefficient (Wildman–Crippen LogP) is 4.65. The quantitative estimate of drug-likeness (QED) is 0.856. The van der Waals surface area contributed by atoms with Crippen molar-refractivity contribution in [3.63, 3.8) is 0 Å². The van der Waals surface area contributed by atoms with Gasteiger partial charge < -0.3 is 5.11 Å². The lowest BCUT2D eigenvalue weighted by atomic mass is 9.93. The summed E-state index contributed by atoms with van der Waals surface area (Å²) in [7, 11) is 0. The predicted molar refractivity (Wildman–Crippen MR) is 85.2 cm³/mol. The summed E-state index contributed by atoms with van der Waals surface area (Å²) in [6.07, 6.45) is 1.71. The number of aliphatic hydroxyl groups excluding tert-OH is 1. The number of benzene rings is 2. The van der Waals surface area contributed by atoms with Gasteiger partial charge in [0.05, 0.1) is 0 Å². The fraction of sp³-hybridized carbons (Fsp3) is 0.368. The van der Waals surface area contributed by atoms with Crippen LogP contribution in [-0.4, -0.2) is 5.11 Å². The smallest absolute Gasteiger partial charge is 0.104 e. The molecule has 0 amide bonds. The number of hydrogen-bond donors (Lipinski definition) is 1. The second-order valence-corrected chi connectivity index (χ2v) is 5.69. The van der Waals surface area contributed by atoms with Gasteiger partial charge in [-0.2, -0.15) is 0 Å². The van der Waals surface area contributed by atoms with Crippen molar-refractivity contribution in [3.8, 4) is 0 Å². The topological polar surface area (TPSA) is 20.2 Å². The third kappa shape index (κ3) is 3.10. The van der Waals surface area contributed by atoms with E-state index < -0.39 is 6.10 Å². The Kier molecular flexibility index (Phi) is 4.61. The van der Waals surface area contributed by atoms with Crippen LogP contribution in [0.5, 0.6) is 0 Å². The first-order valence-corrected chi connectivity index (χ1v) is 7.37. The van der Waals surface area contributed by atoms with Gasteiger partial charge in [-0.1, -0.05) is 49.7 Å². The minimum absolute atomic E-state index is 0.537. The Morgan fingerprint density at radius 1 is 0.900 bits per heavy atom. The molecule has 0 fully saturated rings. The van der Waals surface area contributed by atoms with Crippen molar-refractivity contribution in [1.29, 1.82) is 0 Å². The van der Waals surface area contributed by atoms with E-state index in [-0.39, 0.29) is 0 Å². The normalized spacial score (nSPS) is 12.4. The molecular weight excluding hydrogens is 244 g/mol. The fourth-order valence-corrected chi connectivity index (χ4v) is 2.61. The molecule has 0 heterocycles. The highest BCUT2D eigenvalue weighted by Gasteiger charge is 2.14. The molecular formula is C19H24O. The summed E-state index contributed by atoms with van der Waals surface area (Å²) < 4.78 is 0. The second kappa shape index (κ2) is 6.23. The lowest BCUT2D eigenvalue weighted by molar-refractivity contribution is 0.219. The van der Waals surface area contributed by atoms with Gasteiger partial charge in [0.2, 0.25) is 0 Å². The van der Waals surface area contributed by atoms with Crippen molar-refractivity contribution in [2.75, 3.05) is 0 Å². The maximum atomic E-state index is 10.6. The van der Waals surface area contributed by atoms with Crippen LogP contribution in [0.2, 0.25) is 0 Å². The number of hydrogen-bond acceptors (Lipinski definition) is 1. The summed E-state index contributed by atoms with van der Waals surface area (Å²) in [5.74, 6) is 0. The molecule has 0 aliphatic rings. The second-order valence-electron chi connectivity index (χ2n) is 5.69. The van der Waals surface area contributed by atoms with Crippen LogP contribution in [0.3, 0.4) is 0 Å². The molecule has 1 N–H and O–H groups in total. The van der Waals surface area contributed by atoms with Crippen LogP contribution >= 0.6 is 0 Å². The van der Waals surface area contributed by atoms with Crippen LogP contribution in [-0.2, 0) is 6.42 Å². The SMILES string of the molecule is CCCc1ccc(C(O)c2cc(C)c(C)cc2C)cc1. The molecule has 20 heavy (non-hydrogen) atoms. The number of aliphatic hydroxyl groups is 1. The van der Waals surface area contributed by atoms with Crippen molar-refractivity contribution >= 4 is 0 Å². The van der Waals surface area contributed by atoms with Crippen molar-refractivity contribution in [1.82, 2.24) is 0 Å². The van der Waals surface area contributed by atoms with Gasteiger partial charge in [-0.05, 0) is 60.6 Å². The maximum absolute atomic E-state index is 10.6. The highest BCUT2D eigenvalue weighted by atomic mass is 16.3. The summed E-state index contributed by atoms with van der Waals surface area (Å²) in [6.45, 7) is 8.45. The molecule has 0 bridgehead atoms. The zero-order valence-electron chi connectivity index (χ0n) is 12.9. The first kappa shape index (κ1) is 14.8. The minimum atomic E-state index is -0.537. The van der Waals surface area contributed by atoms with Gasteiger partial charge in [0.1, 0.15) is 6.10 Å². The summed E-state index contributed by atoms with van der Waals surface area (Å²) >= 11 is 0. The molecule has 0 aliphatic heterocycles. The minimum Gasteiger partial charge on any atom is -0.384 e. The Bertz CT molecular complexity index is 581. The molecule has 1 nitrogen and oxygen atoms in total. The molecule has 1 unspecified atom stereocenters. The van der Waals surface area contributed by atoms with Gasteiger partial charge in [-0.3, -0.25) is 0 Å². The lowest BCUT2D eigenvalue weighted by Gasteiger charge is -2.16. The van der Waals surface area contributed by atoms with Crippen LogP contribution in [0.15, 0.2) is 36.4 Å². The van der Waals surface area contributed by atoms with Gasteiger partial charge in [0.15, 0.2) is 0 Å². The fourth-order valence-electron chi connectivity index (χ4n) is 2.61. The third-order valence-electron chi connectivity index (χ3n) is 4.01. The highest BCUT2D eigenvalue weighted by molar-refractivity contribution is 5.41. The third-order valence-corrected chi connectivity index (χ3v) is 4.01. The molecule has 1 heteroatoms. The van der Waals surface area contributed by atoms with Crippen LogP contribution in [0, 0.1) is 20.8 Å². The Hall–Kier alpha value is -1.60. The van der Waals surface area contributed by atoms with Crippen LogP contribution < -0.4 is 0 Å². The van der Waals surface area contributed by atoms with Gasteiger partial charge in [0.25, 0.3) is 0 Å². The zero-order valence-corrected chi connectivity index (χ0v) is 12.9. The first-order valence-electron chi connectivity index (χ1n) is 7.37. The van der Waals surface area contributed by atoms with Crippen molar-refractivity contribution in [2.45, 2.75) is 46.6 Å². The average molecular weight is 268 g/mol. The molecule has 2 aromatic rings. The molecule has 0 radical (unpaired) electrons. The van der Waals surface area contributed by atoms with Crippen LogP contribution in [0.25, 0.3) is 0 Å². The molecule has 0 saturated carbocycles. The average Bonchev–Trinajstić information content (AvgIpc) is 2.43. The molecule has 0 spiro atoms. The van der Waals surface area contributed by atoms with Crippen molar-refractivity contribution < 1.29 is 5.11 Å². The lowest BCUT2D eigenvalue weighted by Crippen LogP contribution is -2.03. The van der Waals surface area contributed by atoms with Crippen LogP contribution in [0.1, 0.15) is 52.8 Å². The van der Waals surface area contributed by atoms with E-state index in [1.54, 1.807) is 0 Å². The van der Waals surface area contributed by atoms with Gasteiger partial charge in [-0.15, -0.1) is 0 Å². The molecule has 106 valence electrons. The maximum Gasteiger partial charge on any atom is 0.104 e. The largest absolute Gasteiger partial charge is 0.384 e. The van der Waals surface area contributed by atoms with Gasteiger partial charge in [-0.25, -0.2) is 0 Å². The van der Waals surface area contributed by atoms with Gasteiger partial charge >= 0.3 is 0 Å². The summed E-state index contributed by atoms with van der Waals surface area (Å²) in [5.41, 5.74) is 6.97. The van der Waals surface area contributed by atoms with E-state index in [0.717, 1.165) is 29.5 Å². The van der Waals surface area contributed by atoms with E-state index in [4.69, 9.17) is 0 Å². The standard InChI is InChI=1S/C19H24O/c1-5-6-16-7-9-17(10-8-16)19(20)18-12-14(3)13(2)11-15(18)4/h7-12,19-20H,5-6H2,1-4H3. The molecule has 0 saturated heterocycles. The van der Waals surface area contributed by atoms with Crippen molar-refractivity contribution in [3.05, 3.63) is 69.8 Å². The molecule has 1 atom stereocenters. The first-order chi connectivity index (χ1) is 9.52. The number of aryl methyl sites for hydroxylation is 4. The summed E-state index contributed by atoms with van der Waals surface area (Å²) in [6, 6.07) is 12.6.